The minimum atomic E-state index is -0.0661. The molecule has 2 aromatic carbocycles. The average Bonchev–Trinajstić information content (AvgIpc) is 2.51. The third-order valence-corrected chi connectivity index (χ3v) is 3.31. The molecule has 0 saturated heterocycles. The molecule has 0 saturated carbocycles. The van der Waals surface area contributed by atoms with Gasteiger partial charge in [-0.15, -0.1) is 5.10 Å². The fraction of sp³-hybridized carbons (Fsp3) is 0.188. The fourth-order valence-corrected chi connectivity index (χ4v) is 2.25. The van der Waals surface area contributed by atoms with Crippen LogP contribution in [0.5, 0.6) is 0 Å². The van der Waals surface area contributed by atoms with E-state index in [-0.39, 0.29) is 5.56 Å². The van der Waals surface area contributed by atoms with E-state index in [0.29, 0.717) is 17.4 Å². The lowest BCUT2D eigenvalue weighted by Gasteiger charge is -2.05. The van der Waals surface area contributed by atoms with Crippen molar-refractivity contribution in [3.63, 3.8) is 0 Å². The molecule has 0 unspecified atom stereocenters. The van der Waals surface area contributed by atoms with Gasteiger partial charge in [-0.05, 0) is 30.5 Å². The van der Waals surface area contributed by atoms with E-state index < -0.39 is 0 Å². The van der Waals surface area contributed by atoms with Gasteiger partial charge in [-0.1, -0.05) is 47.7 Å². The second-order valence-corrected chi connectivity index (χ2v) is 4.72. The van der Waals surface area contributed by atoms with Gasteiger partial charge in [-0.25, -0.2) is 4.68 Å². The van der Waals surface area contributed by atoms with Gasteiger partial charge in [0.25, 0.3) is 5.56 Å². The number of nitrogens with zero attached hydrogens (tertiary/aromatic N) is 3. The molecular weight excluding hydrogens is 250 g/mol. The molecule has 100 valence electrons. The molecule has 4 heteroatoms. The predicted octanol–water partition coefficient (Wildman–Crippen LogP) is 2.42. The van der Waals surface area contributed by atoms with E-state index in [1.807, 2.05) is 30.3 Å². The van der Waals surface area contributed by atoms with Crippen molar-refractivity contribution >= 4 is 10.9 Å². The van der Waals surface area contributed by atoms with Crippen LogP contribution in [0.15, 0.2) is 59.4 Å². The number of aryl methyl sites for hydroxylation is 2. The number of hydrogen-bond acceptors (Lipinski definition) is 3. The maximum Gasteiger partial charge on any atom is 0.277 e. The Balaban J connectivity index is 1.75. The Labute approximate surface area is 116 Å². The van der Waals surface area contributed by atoms with Gasteiger partial charge in [0.2, 0.25) is 0 Å². The fourth-order valence-electron chi connectivity index (χ4n) is 2.25. The van der Waals surface area contributed by atoms with Crippen molar-refractivity contribution in [1.82, 2.24) is 15.0 Å². The summed E-state index contributed by atoms with van der Waals surface area (Å²) in [5, 5.41) is 8.70. The van der Waals surface area contributed by atoms with Crippen LogP contribution in [0.3, 0.4) is 0 Å². The number of fused-ring (bicyclic) bond motifs is 1. The second-order valence-electron chi connectivity index (χ2n) is 4.72. The summed E-state index contributed by atoms with van der Waals surface area (Å²) in [4.78, 5) is 12.2. The zero-order chi connectivity index (χ0) is 13.8. The Hall–Kier alpha value is -2.49. The van der Waals surface area contributed by atoms with Crippen LogP contribution in [0.25, 0.3) is 10.9 Å². The molecule has 0 fully saturated rings. The lowest BCUT2D eigenvalue weighted by Crippen LogP contribution is -2.24. The van der Waals surface area contributed by atoms with E-state index in [1.54, 1.807) is 12.1 Å². The maximum atomic E-state index is 12.2. The predicted molar refractivity (Wildman–Crippen MR) is 78.6 cm³/mol. The lowest BCUT2D eigenvalue weighted by molar-refractivity contribution is 0.525. The molecule has 1 aromatic heterocycles. The normalized spacial score (nSPS) is 10.8. The van der Waals surface area contributed by atoms with Crippen molar-refractivity contribution in [2.24, 2.45) is 0 Å². The summed E-state index contributed by atoms with van der Waals surface area (Å²) < 4.78 is 1.45. The van der Waals surface area contributed by atoms with E-state index in [9.17, 15) is 4.79 Å². The molecule has 0 aliphatic rings. The number of benzene rings is 2. The minimum absolute atomic E-state index is 0.0661. The standard InChI is InChI=1S/C16H15N3O/c20-16-14-10-4-5-11-15(14)17-18-19(16)12-6-9-13-7-2-1-3-8-13/h1-5,7-8,10-11H,6,9,12H2. The van der Waals surface area contributed by atoms with Crippen LogP contribution in [0, 0.1) is 0 Å². The van der Waals surface area contributed by atoms with Crippen LogP contribution in [0.4, 0.5) is 0 Å². The topological polar surface area (TPSA) is 47.8 Å². The van der Waals surface area contributed by atoms with E-state index in [2.05, 4.69) is 22.4 Å². The van der Waals surface area contributed by atoms with Crippen LogP contribution >= 0.6 is 0 Å². The first kappa shape index (κ1) is 12.5. The zero-order valence-electron chi connectivity index (χ0n) is 11.1. The highest BCUT2D eigenvalue weighted by atomic mass is 16.1. The van der Waals surface area contributed by atoms with Crippen molar-refractivity contribution in [2.75, 3.05) is 0 Å². The number of aromatic nitrogens is 3. The Morgan fingerprint density at radius 2 is 1.70 bits per heavy atom. The summed E-state index contributed by atoms with van der Waals surface area (Å²) >= 11 is 0. The summed E-state index contributed by atoms with van der Waals surface area (Å²) in [6.07, 6.45) is 1.80. The van der Waals surface area contributed by atoms with E-state index in [0.717, 1.165) is 12.8 Å². The van der Waals surface area contributed by atoms with Crippen molar-refractivity contribution in [3.05, 3.63) is 70.5 Å². The molecule has 0 N–H and O–H groups in total. The summed E-state index contributed by atoms with van der Waals surface area (Å²) in [5.74, 6) is 0. The molecule has 1 heterocycles. The highest BCUT2D eigenvalue weighted by molar-refractivity contribution is 5.76. The van der Waals surface area contributed by atoms with Gasteiger partial charge in [0.15, 0.2) is 0 Å². The Morgan fingerprint density at radius 3 is 2.55 bits per heavy atom. The van der Waals surface area contributed by atoms with Gasteiger partial charge in [0.1, 0.15) is 5.52 Å². The Kier molecular flexibility index (Phi) is 3.54. The van der Waals surface area contributed by atoms with E-state index >= 15 is 0 Å². The Bertz CT molecular complexity index is 765. The summed E-state index contributed by atoms with van der Waals surface area (Å²) in [7, 11) is 0. The lowest BCUT2D eigenvalue weighted by atomic mass is 10.1. The highest BCUT2D eigenvalue weighted by Gasteiger charge is 2.04. The highest BCUT2D eigenvalue weighted by Crippen LogP contribution is 2.05. The largest absolute Gasteiger partial charge is 0.277 e. The molecule has 0 bridgehead atoms. The van der Waals surface area contributed by atoms with Crippen molar-refractivity contribution in [3.8, 4) is 0 Å². The number of rotatable bonds is 4. The van der Waals surface area contributed by atoms with Gasteiger partial charge in [0, 0.05) is 6.54 Å². The first-order valence-corrected chi connectivity index (χ1v) is 6.71. The van der Waals surface area contributed by atoms with Crippen LogP contribution in [0.2, 0.25) is 0 Å². The van der Waals surface area contributed by atoms with Crippen molar-refractivity contribution in [2.45, 2.75) is 19.4 Å². The average molecular weight is 265 g/mol. The van der Waals surface area contributed by atoms with Crippen LogP contribution in [-0.2, 0) is 13.0 Å². The van der Waals surface area contributed by atoms with Gasteiger partial charge >= 0.3 is 0 Å². The molecule has 0 spiro atoms. The molecule has 3 aromatic rings. The summed E-state index contributed by atoms with van der Waals surface area (Å²) in [5.41, 5.74) is 1.86. The third-order valence-electron chi connectivity index (χ3n) is 3.31. The molecule has 20 heavy (non-hydrogen) atoms. The van der Waals surface area contributed by atoms with Crippen LogP contribution in [0.1, 0.15) is 12.0 Å². The Morgan fingerprint density at radius 1 is 0.950 bits per heavy atom. The summed E-state index contributed by atoms with van der Waals surface area (Å²) in [6, 6.07) is 17.5. The zero-order valence-corrected chi connectivity index (χ0v) is 11.1. The molecule has 0 amide bonds. The van der Waals surface area contributed by atoms with Gasteiger partial charge in [-0.2, -0.15) is 0 Å². The van der Waals surface area contributed by atoms with E-state index in [4.69, 9.17) is 0 Å². The van der Waals surface area contributed by atoms with Crippen molar-refractivity contribution in [1.29, 1.82) is 0 Å². The molecule has 0 radical (unpaired) electrons. The smallest absolute Gasteiger partial charge is 0.267 e. The minimum Gasteiger partial charge on any atom is -0.267 e. The molecule has 0 aliphatic heterocycles. The van der Waals surface area contributed by atoms with Gasteiger partial charge in [-0.3, -0.25) is 4.79 Å². The van der Waals surface area contributed by atoms with Crippen LogP contribution < -0.4 is 5.56 Å². The molecule has 0 aliphatic carbocycles. The quantitative estimate of drug-likeness (QED) is 0.728. The third kappa shape index (κ3) is 2.59. The monoisotopic (exact) mass is 265 g/mol. The number of hydrogen-bond donors (Lipinski definition) is 0. The summed E-state index contributed by atoms with van der Waals surface area (Å²) in [6.45, 7) is 0.589. The molecule has 0 atom stereocenters. The first-order chi connectivity index (χ1) is 9.84. The molecular formula is C16H15N3O. The van der Waals surface area contributed by atoms with E-state index in [1.165, 1.54) is 10.2 Å². The van der Waals surface area contributed by atoms with Crippen molar-refractivity contribution < 1.29 is 0 Å². The molecule has 3 rings (SSSR count). The van der Waals surface area contributed by atoms with Gasteiger partial charge in [0.05, 0.1) is 5.39 Å². The second kappa shape index (κ2) is 5.65. The SMILES string of the molecule is O=c1c2ccccc2nnn1CCCc1ccccc1. The van der Waals surface area contributed by atoms with Crippen LogP contribution in [-0.4, -0.2) is 15.0 Å². The maximum absolute atomic E-state index is 12.2. The first-order valence-electron chi connectivity index (χ1n) is 6.71. The molecule has 4 nitrogen and oxygen atoms in total. The van der Waals surface area contributed by atoms with Gasteiger partial charge < -0.3 is 0 Å².